The van der Waals surface area contributed by atoms with Crippen molar-refractivity contribution in [2.24, 2.45) is 0 Å². The Kier molecular flexibility index (Phi) is 3.01. The summed E-state index contributed by atoms with van der Waals surface area (Å²) in [6, 6.07) is 5.43. The molecule has 3 aromatic heterocycles. The molecule has 0 aromatic carbocycles. The maximum atomic E-state index is 15.2. The molecular formula is C15H14FN7. The van der Waals surface area contributed by atoms with Gasteiger partial charge in [-0.05, 0) is 31.0 Å². The largest absolute Gasteiger partial charge is 0.324 e. The molecule has 0 aliphatic carbocycles. The monoisotopic (exact) mass is 311 g/mol. The molecule has 3 aromatic rings. The maximum absolute atomic E-state index is 15.2. The van der Waals surface area contributed by atoms with Gasteiger partial charge in [-0.1, -0.05) is 0 Å². The zero-order valence-electron chi connectivity index (χ0n) is 12.3. The van der Waals surface area contributed by atoms with E-state index in [0.717, 1.165) is 5.69 Å². The molecule has 1 aliphatic rings. The first-order valence-corrected chi connectivity index (χ1v) is 7.38. The summed E-state index contributed by atoms with van der Waals surface area (Å²) >= 11 is 0. The average molecular weight is 311 g/mol. The van der Waals surface area contributed by atoms with Crippen molar-refractivity contribution in [3.63, 3.8) is 0 Å². The average Bonchev–Trinajstić information content (AvgIpc) is 3.23. The third kappa shape index (κ3) is 2.30. The highest BCUT2D eigenvalue weighted by Crippen LogP contribution is 2.34. The molecule has 23 heavy (non-hydrogen) atoms. The van der Waals surface area contributed by atoms with Crippen molar-refractivity contribution in [1.29, 1.82) is 5.26 Å². The Labute approximate surface area is 131 Å². The first-order valence-electron chi connectivity index (χ1n) is 7.38. The number of aromatic amines is 2. The standard InChI is InChI=1S/C15H14FN7/c16-15(5-1-7-23(8-15)9-17)14-20-12-3-2-10(19-13(12)21-14)11-4-6-18-22-11/h2-4,6H,1,5,7-8H2,(H,18,22)(H,19,20,21). The smallest absolute Gasteiger partial charge is 0.186 e. The lowest BCUT2D eigenvalue weighted by Crippen LogP contribution is -2.41. The van der Waals surface area contributed by atoms with Crippen LogP contribution in [-0.4, -0.2) is 43.1 Å². The number of nitrogens with one attached hydrogen (secondary N) is 2. The van der Waals surface area contributed by atoms with Crippen LogP contribution in [0.2, 0.25) is 0 Å². The normalized spacial score (nSPS) is 21.5. The van der Waals surface area contributed by atoms with Gasteiger partial charge in [-0.15, -0.1) is 0 Å². The van der Waals surface area contributed by atoms with E-state index in [4.69, 9.17) is 5.26 Å². The summed E-state index contributed by atoms with van der Waals surface area (Å²) in [5.41, 5.74) is 0.974. The van der Waals surface area contributed by atoms with Gasteiger partial charge in [0.15, 0.2) is 17.5 Å². The lowest BCUT2D eigenvalue weighted by atomic mass is 9.94. The topological polar surface area (TPSA) is 97.3 Å². The maximum Gasteiger partial charge on any atom is 0.186 e. The van der Waals surface area contributed by atoms with Crippen LogP contribution in [0, 0.1) is 11.5 Å². The van der Waals surface area contributed by atoms with E-state index in [9.17, 15) is 0 Å². The second-order valence-corrected chi connectivity index (χ2v) is 5.71. The van der Waals surface area contributed by atoms with Gasteiger partial charge in [0.05, 0.1) is 17.9 Å². The van der Waals surface area contributed by atoms with Crippen LogP contribution in [0.15, 0.2) is 24.4 Å². The Bertz CT molecular complexity index is 879. The highest BCUT2D eigenvalue weighted by atomic mass is 19.1. The predicted molar refractivity (Wildman–Crippen MR) is 80.7 cm³/mol. The fourth-order valence-electron chi connectivity index (χ4n) is 2.94. The van der Waals surface area contributed by atoms with E-state index in [2.05, 4.69) is 25.1 Å². The summed E-state index contributed by atoms with van der Waals surface area (Å²) in [5, 5.41) is 15.8. The highest BCUT2D eigenvalue weighted by molar-refractivity contribution is 5.74. The molecule has 1 atom stereocenters. The van der Waals surface area contributed by atoms with Gasteiger partial charge in [0.25, 0.3) is 0 Å². The van der Waals surface area contributed by atoms with Gasteiger partial charge in [-0.3, -0.25) is 5.10 Å². The number of hydrogen-bond acceptors (Lipinski definition) is 5. The van der Waals surface area contributed by atoms with Gasteiger partial charge in [-0.25, -0.2) is 14.4 Å². The predicted octanol–water partition coefficient (Wildman–Crippen LogP) is 2.09. The summed E-state index contributed by atoms with van der Waals surface area (Å²) < 4.78 is 15.2. The van der Waals surface area contributed by atoms with E-state index in [1.54, 1.807) is 12.3 Å². The number of likely N-dealkylation sites (tertiary alicyclic amines) is 1. The minimum absolute atomic E-state index is 0.0245. The highest BCUT2D eigenvalue weighted by Gasteiger charge is 2.40. The number of rotatable bonds is 2. The van der Waals surface area contributed by atoms with E-state index in [-0.39, 0.29) is 12.4 Å². The zero-order chi connectivity index (χ0) is 15.9. The molecule has 1 saturated heterocycles. The van der Waals surface area contributed by atoms with Crippen molar-refractivity contribution in [2.45, 2.75) is 18.5 Å². The summed E-state index contributed by atoms with van der Waals surface area (Å²) in [4.78, 5) is 13.2. The third-order valence-corrected chi connectivity index (χ3v) is 4.13. The van der Waals surface area contributed by atoms with E-state index in [1.165, 1.54) is 4.90 Å². The second-order valence-electron chi connectivity index (χ2n) is 5.71. The van der Waals surface area contributed by atoms with E-state index >= 15 is 4.39 Å². The summed E-state index contributed by atoms with van der Waals surface area (Å²) in [5.74, 6) is 0.238. The van der Waals surface area contributed by atoms with Crippen LogP contribution in [0.4, 0.5) is 4.39 Å². The number of nitrogens with zero attached hydrogens (tertiary/aromatic N) is 5. The molecule has 8 heteroatoms. The fraction of sp³-hybridized carbons (Fsp3) is 0.333. The van der Waals surface area contributed by atoms with E-state index in [1.807, 2.05) is 18.3 Å². The number of H-pyrrole nitrogens is 2. The lowest BCUT2D eigenvalue weighted by molar-refractivity contribution is 0.0627. The number of piperidine rings is 1. The van der Waals surface area contributed by atoms with Crippen LogP contribution in [0.5, 0.6) is 0 Å². The van der Waals surface area contributed by atoms with Gasteiger partial charge in [0.2, 0.25) is 0 Å². The van der Waals surface area contributed by atoms with Crippen molar-refractivity contribution in [1.82, 2.24) is 30.0 Å². The van der Waals surface area contributed by atoms with Gasteiger partial charge in [0.1, 0.15) is 11.3 Å². The number of aromatic nitrogens is 5. The number of hydrogen-bond donors (Lipinski definition) is 2. The molecule has 4 heterocycles. The molecular weight excluding hydrogens is 297 g/mol. The Morgan fingerprint density at radius 2 is 2.22 bits per heavy atom. The first kappa shape index (κ1) is 13.7. The molecule has 0 amide bonds. The molecule has 1 aliphatic heterocycles. The van der Waals surface area contributed by atoms with Crippen LogP contribution in [0.1, 0.15) is 18.7 Å². The molecule has 0 spiro atoms. The Hall–Kier alpha value is -2.95. The number of imidazole rings is 1. The molecule has 0 saturated carbocycles. The van der Waals surface area contributed by atoms with Crippen LogP contribution in [0.3, 0.4) is 0 Å². The van der Waals surface area contributed by atoms with Gasteiger partial charge in [0, 0.05) is 12.7 Å². The minimum atomic E-state index is -1.65. The third-order valence-electron chi connectivity index (χ3n) is 4.13. The van der Waals surface area contributed by atoms with Crippen LogP contribution >= 0.6 is 0 Å². The molecule has 0 radical (unpaired) electrons. The molecule has 116 valence electrons. The van der Waals surface area contributed by atoms with Crippen molar-refractivity contribution >= 4 is 11.2 Å². The molecule has 2 N–H and O–H groups in total. The van der Waals surface area contributed by atoms with Crippen LogP contribution in [-0.2, 0) is 5.67 Å². The zero-order valence-corrected chi connectivity index (χ0v) is 12.3. The summed E-state index contributed by atoms with van der Waals surface area (Å²) in [6.07, 6.45) is 4.63. The number of nitriles is 1. The van der Waals surface area contributed by atoms with Crippen LogP contribution in [0.25, 0.3) is 22.6 Å². The lowest BCUT2D eigenvalue weighted by Gasteiger charge is -2.32. The number of alkyl halides is 1. The van der Waals surface area contributed by atoms with Gasteiger partial charge < -0.3 is 9.88 Å². The Morgan fingerprint density at radius 3 is 3.00 bits per heavy atom. The van der Waals surface area contributed by atoms with Gasteiger partial charge >= 0.3 is 0 Å². The Morgan fingerprint density at radius 1 is 1.30 bits per heavy atom. The van der Waals surface area contributed by atoms with Crippen molar-refractivity contribution < 1.29 is 4.39 Å². The Balaban J connectivity index is 1.73. The molecule has 1 unspecified atom stereocenters. The van der Waals surface area contributed by atoms with Crippen molar-refractivity contribution in [3.05, 3.63) is 30.2 Å². The van der Waals surface area contributed by atoms with Crippen molar-refractivity contribution in [3.8, 4) is 17.6 Å². The molecule has 7 nitrogen and oxygen atoms in total. The SMILES string of the molecule is N#CN1CCCC(F)(c2nc3ccc(-c4ccn[nH]4)nc3[nH]2)C1. The molecule has 4 rings (SSSR count). The number of halogens is 1. The minimum Gasteiger partial charge on any atom is -0.324 e. The van der Waals surface area contributed by atoms with Crippen molar-refractivity contribution in [2.75, 3.05) is 13.1 Å². The molecule has 1 fully saturated rings. The van der Waals surface area contributed by atoms with Crippen LogP contribution < -0.4 is 0 Å². The number of fused-ring (bicyclic) bond motifs is 1. The van der Waals surface area contributed by atoms with Gasteiger partial charge in [-0.2, -0.15) is 10.4 Å². The molecule has 0 bridgehead atoms. The van der Waals surface area contributed by atoms with E-state index < -0.39 is 5.67 Å². The first-order chi connectivity index (χ1) is 11.2. The summed E-state index contributed by atoms with van der Waals surface area (Å²) in [6.45, 7) is 0.612. The second kappa shape index (κ2) is 5.05. The fourth-order valence-corrected chi connectivity index (χ4v) is 2.94. The quantitative estimate of drug-likeness (QED) is 0.706. The summed E-state index contributed by atoms with van der Waals surface area (Å²) in [7, 11) is 0. The number of pyridine rings is 1. The van der Waals surface area contributed by atoms with E-state index in [0.29, 0.717) is 36.2 Å².